The van der Waals surface area contributed by atoms with E-state index >= 15 is 0 Å². The van der Waals surface area contributed by atoms with Crippen LogP contribution in [-0.4, -0.2) is 18.1 Å². The summed E-state index contributed by atoms with van der Waals surface area (Å²) in [7, 11) is 0. The molecule has 0 bridgehead atoms. The van der Waals surface area contributed by atoms with Crippen LogP contribution >= 0.6 is 0 Å². The average Bonchev–Trinajstić information content (AvgIpc) is 2.31. The normalized spacial score (nSPS) is 17.1. The molecule has 4 nitrogen and oxygen atoms in total. The molecule has 0 amide bonds. The number of nitrogen functional groups attached to an aromatic ring is 1. The molecule has 84 valence electrons. The van der Waals surface area contributed by atoms with Gasteiger partial charge in [-0.2, -0.15) is 5.26 Å². The topological polar surface area (TPSA) is 65.9 Å². The summed E-state index contributed by atoms with van der Waals surface area (Å²) >= 11 is 0. The number of anilines is 2. The highest BCUT2D eigenvalue weighted by Crippen LogP contribution is 2.27. The Bertz CT molecular complexity index is 414. The van der Waals surface area contributed by atoms with Crippen molar-refractivity contribution in [3.8, 4) is 6.07 Å². The van der Waals surface area contributed by atoms with Gasteiger partial charge in [0.05, 0.1) is 11.3 Å². The second-order valence-electron chi connectivity index (χ2n) is 4.38. The summed E-state index contributed by atoms with van der Waals surface area (Å²) in [5, 5.41) is 8.91. The lowest BCUT2D eigenvalue weighted by atomic mass is 9.99. The second-order valence-corrected chi connectivity index (χ2v) is 4.38. The lowest BCUT2D eigenvalue weighted by Gasteiger charge is -2.31. The first-order valence-corrected chi connectivity index (χ1v) is 5.62. The number of nitriles is 1. The second kappa shape index (κ2) is 4.40. The summed E-state index contributed by atoms with van der Waals surface area (Å²) in [5.41, 5.74) is 6.96. The molecule has 0 unspecified atom stereocenters. The van der Waals surface area contributed by atoms with Crippen molar-refractivity contribution in [2.75, 3.05) is 23.7 Å². The minimum Gasteiger partial charge on any atom is -0.395 e. The zero-order valence-corrected chi connectivity index (χ0v) is 9.48. The Morgan fingerprint density at radius 3 is 2.81 bits per heavy atom. The molecule has 1 aromatic rings. The Kier molecular flexibility index (Phi) is 2.95. The molecule has 1 aliphatic heterocycles. The molecule has 1 saturated heterocycles. The van der Waals surface area contributed by atoms with Gasteiger partial charge in [-0.1, -0.05) is 6.92 Å². The van der Waals surface area contributed by atoms with Crippen molar-refractivity contribution in [1.82, 2.24) is 4.98 Å². The third-order valence-corrected chi connectivity index (χ3v) is 3.17. The molecule has 0 spiro atoms. The van der Waals surface area contributed by atoms with Gasteiger partial charge in [0.25, 0.3) is 0 Å². The van der Waals surface area contributed by atoms with E-state index in [1.165, 1.54) is 0 Å². The predicted octanol–water partition coefficient (Wildman–Crippen LogP) is 1.77. The van der Waals surface area contributed by atoms with Gasteiger partial charge in [-0.3, -0.25) is 0 Å². The van der Waals surface area contributed by atoms with E-state index in [2.05, 4.69) is 22.9 Å². The lowest BCUT2D eigenvalue weighted by molar-refractivity contribution is 0.437. The Hall–Kier alpha value is -1.76. The molecule has 2 rings (SSSR count). The fraction of sp³-hybridized carbons (Fsp3) is 0.500. The Labute approximate surface area is 95.7 Å². The van der Waals surface area contributed by atoms with Crippen LogP contribution in [0.15, 0.2) is 12.3 Å². The first-order chi connectivity index (χ1) is 7.72. The molecule has 1 aliphatic rings. The van der Waals surface area contributed by atoms with Crippen molar-refractivity contribution in [3.63, 3.8) is 0 Å². The van der Waals surface area contributed by atoms with E-state index < -0.39 is 0 Å². The van der Waals surface area contributed by atoms with Crippen LogP contribution in [0.5, 0.6) is 0 Å². The zero-order chi connectivity index (χ0) is 11.5. The molecule has 4 heteroatoms. The average molecular weight is 216 g/mol. The van der Waals surface area contributed by atoms with Crippen molar-refractivity contribution < 1.29 is 0 Å². The fourth-order valence-electron chi connectivity index (χ4n) is 2.03. The number of hydrogen-bond donors (Lipinski definition) is 1. The van der Waals surface area contributed by atoms with Crippen molar-refractivity contribution in [1.29, 1.82) is 5.26 Å². The first-order valence-electron chi connectivity index (χ1n) is 5.62. The Morgan fingerprint density at radius 1 is 1.50 bits per heavy atom. The number of nitrogens with two attached hydrogens (primary N) is 1. The zero-order valence-electron chi connectivity index (χ0n) is 9.48. The summed E-state index contributed by atoms with van der Waals surface area (Å²) < 4.78 is 0. The van der Waals surface area contributed by atoms with Crippen LogP contribution in [0.4, 0.5) is 11.5 Å². The quantitative estimate of drug-likeness (QED) is 0.777. The SMILES string of the molecule is CC1CCN(c2nccc(C#N)c2N)CC1. The molecule has 1 fully saturated rings. The molecule has 0 aliphatic carbocycles. The maximum Gasteiger partial charge on any atom is 0.153 e. The summed E-state index contributed by atoms with van der Waals surface area (Å²) in [6, 6.07) is 3.75. The Morgan fingerprint density at radius 2 is 2.19 bits per heavy atom. The monoisotopic (exact) mass is 216 g/mol. The third kappa shape index (κ3) is 1.94. The van der Waals surface area contributed by atoms with Gasteiger partial charge in [0.15, 0.2) is 5.82 Å². The molecule has 1 aromatic heterocycles. The van der Waals surface area contributed by atoms with Crippen LogP contribution in [0.3, 0.4) is 0 Å². The molecule has 2 N–H and O–H groups in total. The van der Waals surface area contributed by atoms with Gasteiger partial charge in [0, 0.05) is 19.3 Å². The summed E-state index contributed by atoms with van der Waals surface area (Å²) in [5.74, 6) is 1.54. The number of nitrogens with zero attached hydrogens (tertiary/aromatic N) is 3. The van der Waals surface area contributed by atoms with Gasteiger partial charge in [-0.25, -0.2) is 4.98 Å². The van der Waals surface area contributed by atoms with Crippen LogP contribution in [0.25, 0.3) is 0 Å². The molecule has 2 heterocycles. The number of piperidine rings is 1. The van der Waals surface area contributed by atoms with E-state index in [9.17, 15) is 0 Å². The van der Waals surface area contributed by atoms with Crippen LogP contribution in [0.2, 0.25) is 0 Å². The van der Waals surface area contributed by atoms with Crippen LogP contribution in [0.1, 0.15) is 25.3 Å². The smallest absolute Gasteiger partial charge is 0.153 e. The van der Waals surface area contributed by atoms with Crippen molar-refractivity contribution in [2.24, 2.45) is 5.92 Å². The number of rotatable bonds is 1. The standard InChI is InChI=1S/C12H16N4/c1-9-3-6-16(7-4-9)12-11(14)10(8-13)2-5-15-12/h2,5,9H,3-4,6-7,14H2,1H3. The summed E-state index contributed by atoms with van der Waals surface area (Å²) in [6.07, 6.45) is 3.98. The molecule has 16 heavy (non-hydrogen) atoms. The largest absolute Gasteiger partial charge is 0.395 e. The minimum absolute atomic E-state index is 0.513. The first kappa shape index (κ1) is 10.7. The van der Waals surface area contributed by atoms with Crippen molar-refractivity contribution >= 4 is 11.5 Å². The highest BCUT2D eigenvalue weighted by atomic mass is 15.2. The highest BCUT2D eigenvalue weighted by molar-refractivity contribution is 5.70. The number of pyridine rings is 1. The molecule has 0 atom stereocenters. The van der Waals surface area contributed by atoms with Crippen LogP contribution in [-0.2, 0) is 0 Å². The van der Waals surface area contributed by atoms with Crippen LogP contribution in [0, 0.1) is 17.2 Å². The van der Waals surface area contributed by atoms with Gasteiger partial charge in [0.2, 0.25) is 0 Å². The lowest BCUT2D eigenvalue weighted by Crippen LogP contribution is -2.34. The fourth-order valence-corrected chi connectivity index (χ4v) is 2.03. The van der Waals surface area contributed by atoms with E-state index in [-0.39, 0.29) is 0 Å². The maximum absolute atomic E-state index is 8.91. The van der Waals surface area contributed by atoms with E-state index in [1.807, 2.05) is 0 Å². The van der Waals surface area contributed by atoms with Crippen molar-refractivity contribution in [2.45, 2.75) is 19.8 Å². The van der Waals surface area contributed by atoms with E-state index in [4.69, 9.17) is 11.0 Å². The van der Waals surface area contributed by atoms with E-state index in [1.54, 1.807) is 12.3 Å². The summed E-state index contributed by atoms with van der Waals surface area (Å²) in [4.78, 5) is 6.46. The van der Waals surface area contributed by atoms with E-state index in [0.717, 1.165) is 37.7 Å². The Balaban J connectivity index is 2.24. The summed E-state index contributed by atoms with van der Waals surface area (Å²) in [6.45, 7) is 4.22. The van der Waals surface area contributed by atoms with Gasteiger partial charge in [-0.05, 0) is 24.8 Å². The number of hydrogen-bond acceptors (Lipinski definition) is 4. The molecular weight excluding hydrogens is 200 g/mol. The minimum atomic E-state index is 0.513. The van der Waals surface area contributed by atoms with Gasteiger partial charge in [-0.15, -0.1) is 0 Å². The maximum atomic E-state index is 8.91. The van der Waals surface area contributed by atoms with E-state index in [0.29, 0.717) is 11.3 Å². The third-order valence-electron chi connectivity index (χ3n) is 3.17. The van der Waals surface area contributed by atoms with Crippen molar-refractivity contribution in [3.05, 3.63) is 17.8 Å². The predicted molar refractivity (Wildman–Crippen MR) is 64.0 cm³/mol. The molecule has 0 radical (unpaired) electrons. The van der Waals surface area contributed by atoms with Gasteiger partial charge < -0.3 is 10.6 Å². The van der Waals surface area contributed by atoms with Gasteiger partial charge in [0.1, 0.15) is 6.07 Å². The highest BCUT2D eigenvalue weighted by Gasteiger charge is 2.19. The van der Waals surface area contributed by atoms with Crippen LogP contribution < -0.4 is 10.6 Å². The molecular formula is C12H16N4. The number of aromatic nitrogens is 1. The van der Waals surface area contributed by atoms with Gasteiger partial charge >= 0.3 is 0 Å². The molecule has 0 saturated carbocycles. The molecule has 0 aromatic carbocycles.